The lowest BCUT2D eigenvalue weighted by molar-refractivity contribution is -0.118. The molecular weight excluding hydrogens is 430 g/mol. The van der Waals surface area contributed by atoms with E-state index in [1.165, 1.54) is 28.5 Å². The van der Waals surface area contributed by atoms with E-state index in [-0.39, 0.29) is 5.91 Å². The van der Waals surface area contributed by atoms with Crippen molar-refractivity contribution in [3.63, 3.8) is 0 Å². The predicted molar refractivity (Wildman–Crippen MR) is 128 cm³/mol. The Labute approximate surface area is 191 Å². The maximum Gasteiger partial charge on any atom is 0.230 e. The number of hydrogen-bond donors (Lipinski definition) is 1. The summed E-state index contributed by atoms with van der Waals surface area (Å²) in [6, 6.07) is 19.1. The topological polar surface area (TPSA) is 54.9 Å². The van der Waals surface area contributed by atoms with Crippen LogP contribution in [-0.4, -0.2) is 28.4 Å². The van der Waals surface area contributed by atoms with Gasteiger partial charge in [0.05, 0.1) is 5.75 Å². The van der Waals surface area contributed by atoms with E-state index in [9.17, 15) is 4.79 Å². The summed E-state index contributed by atoms with van der Waals surface area (Å²) in [5.74, 6) is 1.85. The van der Waals surface area contributed by atoms with Crippen molar-refractivity contribution in [2.75, 3.05) is 12.3 Å². The second kappa shape index (κ2) is 12.1. The van der Waals surface area contributed by atoms with Crippen molar-refractivity contribution in [3.8, 4) is 0 Å². The monoisotopic (exact) mass is 457 g/mol. The number of aryl methyl sites for hydroxylation is 1. The maximum absolute atomic E-state index is 12.0. The Morgan fingerprint density at radius 3 is 2.37 bits per heavy atom. The van der Waals surface area contributed by atoms with Crippen molar-refractivity contribution < 1.29 is 4.79 Å². The molecule has 0 aliphatic heterocycles. The summed E-state index contributed by atoms with van der Waals surface area (Å²) in [6.07, 6.45) is 1.92. The minimum absolute atomic E-state index is 0.0442. The van der Waals surface area contributed by atoms with Crippen molar-refractivity contribution >= 4 is 40.8 Å². The van der Waals surface area contributed by atoms with Crippen molar-refractivity contribution in [1.82, 2.24) is 15.5 Å². The summed E-state index contributed by atoms with van der Waals surface area (Å²) in [5.41, 5.74) is 3.94. The third kappa shape index (κ3) is 7.78. The molecule has 158 valence electrons. The Morgan fingerprint density at radius 2 is 1.67 bits per heavy atom. The van der Waals surface area contributed by atoms with E-state index in [0.29, 0.717) is 18.2 Å². The lowest BCUT2D eigenvalue weighted by Crippen LogP contribution is -2.26. The standard InChI is InChI=1S/C23H27N3OS3/c1-17(2)20-12-10-19(11-13-20)15-28-22-25-26-23(30-22)29-16-21(27)24-14-6-9-18-7-4-3-5-8-18/h3-5,7-8,10-13,17H,6,9,14-16H2,1-2H3,(H,24,27). The van der Waals surface area contributed by atoms with Crippen LogP contribution in [0.1, 0.15) is 42.9 Å². The number of benzene rings is 2. The number of nitrogens with zero attached hydrogens (tertiary/aromatic N) is 2. The number of thioether (sulfide) groups is 2. The van der Waals surface area contributed by atoms with Crippen molar-refractivity contribution in [2.45, 2.75) is 47.0 Å². The number of carbonyl (C=O) groups excluding carboxylic acids is 1. The maximum atomic E-state index is 12.0. The summed E-state index contributed by atoms with van der Waals surface area (Å²) in [5, 5.41) is 11.4. The van der Waals surface area contributed by atoms with Gasteiger partial charge < -0.3 is 5.32 Å². The largest absolute Gasteiger partial charge is 0.355 e. The van der Waals surface area contributed by atoms with Gasteiger partial charge in [-0.1, -0.05) is 103 Å². The molecule has 0 bridgehead atoms. The molecule has 0 aliphatic carbocycles. The van der Waals surface area contributed by atoms with Crippen LogP contribution in [0.15, 0.2) is 63.3 Å². The van der Waals surface area contributed by atoms with Crippen LogP contribution in [0.5, 0.6) is 0 Å². The van der Waals surface area contributed by atoms with Gasteiger partial charge in [0, 0.05) is 12.3 Å². The minimum atomic E-state index is 0.0442. The molecule has 0 atom stereocenters. The van der Waals surface area contributed by atoms with E-state index in [0.717, 1.165) is 27.3 Å². The molecule has 0 unspecified atom stereocenters. The van der Waals surface area contributed by atoms with E-state index in [2.05, 4.69) is 65.8 Å². The molecule has 0 spiro atoms. The third-order valence-electron chi connectivity index (χ3n) is 4.53. The molecule has 4 nitrogen and oxygen atoms in total. The van der Waals surface area contributed by atoms with E-state index < -0.39 is 0 Å². The summed E-state index contributed by atoms with van der Waals surface area (Å²) in [7, 11) is 0. The van der Waals surface area contributed by atoms with Crippen molar-refractivity contribution in [3.05, 3.63) is 71.3 Å². The first kappa shape index (κ1) is 22.8. The van der Waals surface area contributed by atoms with Crippen LogP contribution in [0.25, 0.3) is 0 Å². The van der Waals surface area contributed by atoms with Crippen molar-refractivity contribution in [2.24, 2.45) is 0 Å². The molecule has 2 aromatic carbocycles. The van der Waals surface area contributed by atoms with Gasteiger partial charge in [0.2, 0.25) is 5.91 Å². The number of nitrogens with one attached hydrogen (secondary N) is 1. The smallest absolute Gasteiger partial charge is 0.230 e. The van der Waals surface area contributed by atoms with Gasteiger partial charge in [-0.2, -0.15) is 0 Å². The van der Waals surface area contributed by atoms with E-state index >= 15 is 0 Å². The Balaban J connectivity index is 1.33. The van der Waals surface area contributed by atoms with Crippen LogP contribution in [-0.2, 0) is 17.0 Å². The SMILES string of the molecule is CC(C)c1ccc(CSc2nnc(SCC(=O)NCCCc3ccccc3)s2)cc1. The molecule has 3 aromatic rings. The highest BCUT2D eigenvalue weighted by Crippen LogP contribution is 2.30. The molecule has 3 rings (SSSR count). The number of carbonyl (C=O) groups is 1. The van der Waals surface area contributed by atoms with Crippen LogP contribution >= 0.6 is 34.9 Å². The molecule has 1 aromatic heterocycles. The quantitative estimate of drug-likeness (QED) is 0.291. The van der Waals surface area contributed by atoms with Crippen LogP contribution in [0.4, 0.5) is 0 Å². The molecule has 0 aliphatic rings. The zero-order valence-electron chi connectivity index (χ0n) is 17.3. The highest BCUT2D eigenvalue weighted by Gasteiger charge is 2.09. The average Bonchev–Trinajstić information content (AvgIpc) is 3.23. The molecule has 0 saturated carbocycles. The van der Waals surface area contributed by atoms with E-state index in [1.807, 2.05) is 18.2 Å². The third-order valence-corrected chi connectivity index (χ3v) is 7.79. The predicted octanol–water partition coefficient (Wildman–Crippen LogP) is 5.79. The fourth-order valence-electron chi connectivity index (χ4n) is 2.80. The first-order valence-corrected chi connectivity index (χ1v) is 12.9. The van der Waals surface area contributed by atoms with Gasteiger partial charge in [-0.3, -0.25) is 4.79 Å². The van der Waals surface area contributed by atoms with Gasteiger partial charge >= 0.3 is 0 Å². The Hall–Kier alpha value is -1.83. The van der Waals surface area contributed by atoms with Crippen LogP contribution in [0.3, 0.4) is 0 Å². The van der Waals surface area contributed by atoms with E-state index in [4.69, 9.17) is 0 Å². The molecular formula is C23H27N3OS3. The molecule has 1 heterocycles. The number of hydrogen-bond acceptors (Lipinski definition) is 6. The minimum Gasteiger partial charge on any atom is -0.355 e. The lowest BCUT2D eigenvalue weighted by Gasteiger charge is -2.06. The molecule has 1 amide bonds. The Kier molecular flexibility index (Phi) is 9.24. The highest BCUT2D eigenvalue weighted by molar-refractivity contribution is 8.03. The summed E-state index contributed by atoms with van der Waals surface area (Å²) >= 11 is 4.69. The van der Waals surface area contributed by atoms with Gasteiger partial charge in [-0.15, -0.1) is 10.2 Å². The van der Waals surface area contributed by atoms with Gasteiger partial charge in [0.15, 0.2) is 8.68 Å². The zero-order chi connectivity index (χ0) is 21.2. The number of rotatable bonds is 11. The second-order valence-electron chi connectivity index (χ2n) is 7.25. The lowest BCUT2D eigenvalue weighted by atomic mass is 10.0. The normalized spacial score (nSPS) is 11.0. The van der Waals surface area contributed by atoms with Crippen molar-refractivity contribution in [1.29, 1.82) is 0 Å². The molecule has 0 radical (unpaired) electrons. The number of aromatic nitrogens is 2. The zero-order valence-corrected chi connectivity index (χ0v) is 19.8. The molecule has 0 fully saturated rings. The summed E-state index contributed by atoms with van der Waals surface area (Å²) in [4.78, 5) is 12.0. The molecule has 0 saturated heterocycles. The van der Waals surface area contributed by atoms with Gasteiger partial charge in [-0.05, 0) is 35.4 Å². The molecule has 1 N–H and O–H groups in total. The second-order valence-corrected chi connectivity index (χ2v) is 10.7. The van der Waals surface area contributed by atoms with Gasteiger partial charge in [0.25, 0.3) is 0 Å². The molecule has 30 heavy (non-hydrogen) atoms. The fourth-order valence-corrected chi connectivity index (χ4v) is 5.61. The molecule has 7 heteroatoms. The van der Waals surface area contributed by atoms with Crippen LogP contribution < -0.4 is 5.32 Å². The Bertz CT molecular complexity index is 911. The van der Waals surface area contributed by atoms with E-state index in [1.54, 1.807) is 23.1 Å². The first-order chi connectivity index (χ1) is 14.6. The first-order valence-electron chi connectivity index (χ1n) is 10.1. The van der Waals surface area contributed by atoms with Crippen LogP contribution in [0.2, 0.25) is 0 Å². The number of amides is 1. The van der Waals surface area contributed by atoms with Gasteiger partial charge in [0.1, 0.15) is 0 Å². The highest BCUT2D eigenvalue weighted by atomic mass is 32.2. The summed E-state index contributed by atoms with van der Waals surface area (Å²) < 4.78 is 1.78. The fraction of sp³-hybridized carbons (Fsp3) is 0.348. The average molecular weight is 458 g/mol. The summed E-state index contributed by atoms with van der Waals surface area (Å²) in [6.45, 7) is 5.10. The van der Waals surface area contributed by atoms with Crippen LogP contribution in [0, 0.1) is 0 Å². The Morgan fingerprint density at radius 1 is 0.967 bits per heavy atom. The van der Waals surface area contributed by atoms with Gasteiger partial charge in [-0.25, -0.2) is 0 Å².